The molecule has 11 aromatic rings. The van der Waals surface area contributed by atoms with Crippen molar-refractivity contribution < 1.29 is 52.5 Å². The Balaban J connectivity index is 0.000000182. The number of alkyl carbamates (subject to hydrolysis) is 2. The van der Waals surface area contributed by atoms with Gasteiger partial charge in [0.05, 0.1) is 85.0 Å². The lowest BCUT2D eigenvalue weighted by Gasteiger charge is -2.29. The van der Waals surface area contributed by atoms with Gasteiger partial charge in [0, 0.05) is 109 Å². The molecule has 24 heteroatoms. The number of rotatable bonds is 18. The first kappa shape index (κ1) is 84.1. The van der Waals surface area contributed by atoms with Crippen LogP contribution in [0.1, 0.15) is 158 Å². The van der Waals surface area contributed by atoms with Crippen molar-refractivity contribution in [3.8, 4) is 45.9 Å². The Hall–Kier alpha value is -12.5. The molecular formula is C99H107N13O11. The summed E-state index contributed by atoms with van der Waals surface area (Å²) in [5.41, 5.74) is 22.4. The molecule has 6 aliphatic rings. The van der Waals surface area contributed by atoms with Crippen LogP contribution < -0.4 is 16.4 Å². The first-order chi connectivity index (χ1) is 59.3. The number of aromatic amines is 2. The van der Waals surface area contributed by atoms with E-state index in [2.05, 4.69) is 153 Å². The number of amides is 6. The van der Waals surface area contributed by atoms with Crippen LogP contribution in [-0.4, -0.2) is 185 Å². The Kier molecular flexibility index (Phi) is 24.1. The van der Waals surface area contributed by atoms with Gasteiger partial charge in [0.2, 0.25) is 17.7 Å². The molecule has 9 aromatic carbocycles. The normalized spacial score (nSPS) is 19.3. The molecule has 24 nitrogen and oxygen atoms in total. The van der Waals surface area contributed by atoms with Gasteiger partial charge in [0.1, 0.15) is 35.4 Å². The van der Waals surface area contributed by atoms with E-state index < -0.39 is 35.9 Å². The average molecular weight is 1660 g/mol. The van der Waals surface area contributed by atoms with Crippen LogP contribution in [0.4, 0.5) is 25.8 Å². The number of nitrogens with two attached hydrogens (primary N) is 1. The summed E-state index contributed by atoms with van der Waals surface area (Å²) in [6, 6.07) is 45.2. The smallest absolute Gasteiger partial charge is 0.410 e. The molecule has 0 spiro atoms. The van der Waals surface area contributed by atoms with E-state index in [4.69, 9.17) is 49.4 Å². The molecule has 6 amide bonds. The van der Waals surface area contributed by atoms with Crippen LogP contribution in [0.3, 0.4) is 0 Å². The van der Waals surface area contributed by atoms with Crippen molar-refractivity contribution >= 4 is 124 Å². The van der Waals surface area contributed by atoms with Gasteiger partial charge in [-0.15, -0.1) is 11.8 Å². The highest BCUT2D eigenvalue weighted by Gasteiger charge is 2.45. The van der Waals surface area contributed by atoms with Crippen LogP contribution in [0.15, 0.2) is 150 Å². The SMILES string of the molecule is CC#Cc1cc2[nH]c([C@@H]3CCCN3C(=O)[C@@H](NC(=O)OC)C(C)C)nc2c2ccc(-c3ccc4c5c(ccc4c3)N=C([C@@H]3C[C@H](COC)CN3C(=O)OC(C)(C)C)C5)cc12.CC#Cc1cc2[nH]c([C@@H]3CCCN3C(=O)[C@@H](NC(=O)OC)C(C)C)nc2c2ccc(-c3ccc4c5c(ccc4c3)N=C([C@@H]3C[C@H](COC)CN3C(=O)[C@H](N)c3ccccc3)C5)cc12. The number of carbonyl (C=O) groups excluding carboxylic acids is 6. The topological polar surface area (TPSA) is 294 Å². The molecule has 2 aromatic heterocycles. The number of likely N-dealkylation sites (tertiary alicyclic amines) is 4. The van der Waals surface area contributed by atoms with Crippen molar-refractivity contribution in [1.82, 2.24) is 50.2 Å². The minimum atomic E-state index is -0.747. The van der Waals surface area contributed by atoms with Crippen molar-refractivity contribution in [3.05, 3.63) is 179 Å². The zero-order valence-corrected chi connectivity index (χ0v) is 72.2. The van der Waals surface area contributed by atoms with Gasteiger partial charge >= 0.3 is 18.3 Å². The number of carbonyl (C=O) groups is 6. The lowest BCUT2D eigenvalue weighted by molar-refractivity contribution is -0.136. The maximum Gasteiger partial charge on any atom is 0.410 e. The summed E-state index contributed by atoms with van der Waals surface area (Å²) in [4.78, 5) is 114. The van der Waals surface area contributed by atoms with Crippen LogP contribution in [-0.2, 0) is 50.9 Å². The summed E-state index contributed by atoms with van der Waals surface area (Å²) in [5.74, 6) is 14.1. The molecule has 17 rings (SSSR count). The van der Waals surface area contributed by atoms with Crippen molar-refractivity contribution in [2.24, 2.45) is 39.4 Å². The minimum absolute atomic E-state index is 0.0894. The Morgan fingerprint density at radius 3 is 1.37 bits per heavy atom. The van der Waals surface area contributed by atoms with E-state index in [0.717, 1.165) is 177 Å². The standard InChI is InChI=1S/C51H53N7O5.C48H54N6O6/c1-6-11-34-25-42-47(55-48(54-42)43-14-10-21-57(43)50(60)46(29(2)3)56-51(61)63-5)37-19-16-33(24-38(34)37)32-15-18-36-35(23-32)17-20-40-39(36)26-41(53-40)44-22-30(28-62-4)27-58(44)49(59)45(52)31-12-8-7-9-13-31;1-9-11-31-23-39-43(51-44(50-39)40-12-10-19-53(40)45(55)42(27(2)3)52-46(56)59-8)34-17-14-30(22-35(31)34)29-13-16-33-32(21-29)15-18-37-36(33)24-38(49-37)41-20-28(26-58-7)25-54(41)47(57)60-48(4,5)6/h7-9,12-13,15-20,23-25,29-30,43-46H,10,14,21-22,26-28,52H2,1-5H3,(H,54,55)(H,56,61);13-18,21-23,27-28,40-42H,10,12,19-20,24-26H2,1-8H3,(H,50,51)(H,52,56)/t30-,43-,44-,45+,46-;28-,40-,41-,42-/m00/s1. The molecule has 0 aliphatic carbocycles. The number of nitrogens with one attached hydrogen (secondary N) is 4. The molecular weight excluding hydrogens is 1550 g/mol. The summed E-state index contributed by atoms with van der Waals surface area (Å²) in [5, 5.41) is 13.9. The second kappa shape index (κ2) is 35.2. The number of methoxy groups -OCH3 is 4. The van der Waals surface area contributed by atoms with Gasteiger partial charge in [0.25, 0.3) is 0 Å². The summed E-state index contributed by atoms with van der Waals surface area (Å²) in [6.07, 6.45) is 4.51. The van der Waals surface area contributed by atoms with Crippen molar-refractivity contribution in [3.63, 3.8) is 0 Å². The second-order valence-corrected chi connectivity index (χ2v) is 35.0. The summed E-state index contributed by atoms with van der Waals surface area (Å²) in [6.45, 7) is 20.5. The molecule has 4 fully saturated rings. The molecule has 6 aliphatic heterocycles. The van der Waals surface area contributed by atoms with E-state index in [1.165, 1.54) is 25.3 Å². The molecule has 0 radical (unpaired) electrons. The predicted octanol–water partition coefficient (Wildman–Crippen LogP) is 17.0. The fourth-order valence-corrected chi connectivity index (χ4v) is 19.1. The van der Waals surface area contributed by atoms with Crippen LogP contribution in [0.25, 0.3) is 87.4 Å². The number of fused-ring (bicyclic) bond motifs is 12. The highest BCUT2D eigenvalue weighted by molar-refractivity contribution is 6.12. The third kappa shape index (κ3) is 16.8. The van der Waals surface area contributed by atoms with Crippen molar-refractivity contribution in [2.75, 3.05) is 67.8 Å². The van der Waals surface area contributed by atoms with Gasteiger partial charge in [-0.3, -0.25) is 29.3 Å². The van der Waals surface area contributed by atoms with Crippen LogP contribution >= 0.6 is 0 Å². The van der Waals surface area contributed by atoms with E-state index >= 15 is 0 Å². The molecule has 4 saturated heterocycles. The quantitative estimate of drug-likeness (QED) is 0.0394. The maximum atomic E-state index is 14.0. The first-order valence-corrected chi connectivity index (χ1v) is 42.8. The monoisotopic (exact) mass is 1650 g/mol. The van der Waals surface area contributed by atoms with Gasteiger partial charge < -0.3 is 64.7 Å². The lowest BCUT2D eigenvalue weighted by atomic mass is 9.93. The van der Waals surface area contributed by atoms with Gasteiger partial charge in [0.15, 0.2) is 0 Å². The highest BCUT2D eigenvalue weighted by atomic mass is 16.6. The summed E-state index contributed by atoms with van der Waals surface area (Å²) >= 11 is 0. The number of hydrogen-bond acceptors (Lipinski definition) is 16. The van der Waals surface area contributed by atoms with E-state index in [1.54, 1.807) is 14.2 Å². The van der Waals surface area contributed by atoms with E-state index in [0.29, 0.717) is 52.2 Å². The van der Waals surface area contributed by atoms with Crippen LogP contribution in [0.2, 0.25) is 0 Å². The Labute approximate surface area is 716 Å². The first-order valence-electron chi connectivity index (χ1n) is 42.8. The number of aromatic nitrogens is 4. The summed E-state index contributed by atoms with van der Waals surface area (Å²) < 4.78 is 26.5. The Bertz CT molecular complexity index is 6220. The zero-order valence-electron chi connectivity index (χ0n) is 72.2. The Morgan fingerprint density at radius 2 is 0.943 bits per heavy atom. The molecule has 0 saturated carbocycles. The molecule has 634 valence electrons. The molecule has 123 heavy (non-hydrogen) atoms. The summed E-state index contributed by atoms with van der Waals surface area (Å²) in [7, 11) is 6.00. The number of H-pyrrole nitrogens is 2. The third-order valence-corrected chi connectivity index (χ3v) is 25.0. The largest absolute Gasteiger partial charge is 0.453 e. The third-order valence-electron chi connectivity index (χ3n) is 25.0. The van der Waals surface area contributed by atoms with Crippen LogP contribution in [0, 0.1) is 47.4 Å². The molecule has 6 N–H and O–H groups in total. The average Bonchev–Trinajstić information content (AvgIpc) is 1.71. The van der Waals surface area contributed by atoms with Crippen molar-refractivity contribution in [2.45, 2.75) is 162 Å². The minimum Gasteiger partial charge on any atom is -0.453 e. The zero-order chi connectivity index (χ0) is 86.4. The fraction of sp³-hybridized carbons (Fsp3) is 0.394. The number of aliphatic imine (C=N–C) groups is 2. The van der Waals surface area contributed by atoms with Gasteiger partial charge in [-0.2, -0.15) is 0 Å². The van der Waals surface area contributed by atoms with E-state index in [-0.39, 0.29) is 71.7 Å². The van der Waals surface area contributed by atoms with Crippen molar-refractivity contribution in [1.29, 1.82) is 0 Å². The number of imidazole rings is 2. The number of hydrogen-bond donors (Lipinski definition) is 5. The highest BCUT2D eigenvalue weighted by Crippen LogP contribution is 2.45. The Morgan fingerprint density at radius 1 is 0.512 bits per heavy atom. The predicted molar refractivity (Wildman–Crippen MR) is 481 cm³/mol. The van der Waals surface area contributed by atoms with Gasteiger partial charge in [-0.05, 0) is 194 Å². The number of nitrogens with zero attached hydrogens (tertiary/aromatic N) is 8. The van der Waals surface area contributed by atoms with Crippen LogP contribution in [0.5, 0.6) is 0 Å². The molecule has 8 heterocycles. The van der Waals surface area contributed by atoms with Gasteiger partial charge in [-0.1, -0.05) is 131 Å². The van der Waals surface area contributed by atoms with E-state index in [1.807, 2.05) is 112 Å². The fourth-order valence-electron chi connectivity index (χ4n) is 19.1. The van der Waals surface area contributed by atoms with E-state index in [9.17, 15) is 28.8 Å². The van der Waals surface area contributed by atoms with Gasteiger partial charge in [-0.25, -0.2) is 24.4 Å². The maximum absolute atomic E-state index is 14.0. The molecule has 0 bridgehead atoms. The molecule has 0 unspecified atom stereocenters. The lowest BCUT2D eigenvalue weighted by Crippen LogP contribution is -2.51. The molecule has 9 atom stereocenters. The second-order valence-electron chi connectivity index (χ2n) is 35.0. The number of ether oxygens (including phenoxy) is 5. The number of benzene rings is 9.